The summed E-state index contributed by atoms with van der Waals surface area (Å²) in [5.74, 6) is -1.82. The number of aryl methyl sites for hydroxylation is 1. The van der Waals surface area contributed by atoms with E-state index in [1.807, 2.05) is 6.92 Å². The number of piperidine rings is 1. The normalized spacial score (nSPS) is 21.0. The van der Waals surface area contributed by atoms with E-state index in [1.165, 1.54) is 12.1 Å². The highest BCUT2D eigenvalue weighted by molar-refractivity contribution is 5.98. The van der Waals surface area contributed by atoms with Gasteiger partial charge in [0.1, 0.15) is 5.82 Å². The van der Waals surface area contributed by atoms with Crippen LogP contribution in [0.25, 0.3) is 10.9 Å². The number of nitrogens with zero attached hydrogens (tertiary/aromatic N) is 2. The predicted octanol–water partition coefficient (Wildman–Crippen LogP) is 2.87. The van der Waals surface area contributed by atoms with Crippen molar-refractivity contribution in [2.45, 2.75) is 20.3 Å². The van der Waals surface area contributed by atoms with Gasteiger partial charge in [0.2, 0.25) is 0 Å². The lowest BCUT2D eigenvalue weighted by Crippen LogP contribution is -2.45. The molecule has 0 bridgehead atoms. The van der Waals surface area contributed by atoms with Gasteiger partial charge in [0.05, 0.1) is 22.7 Å². The molecule has 1 fully saturated rings. The van der Waals surface area contributed by atoms with Crippen LogP contribution in [0, 0.1) is 24.6 Å². The molecule has 126 valence electrons. The van der Waals surface area contributed by atoms with Gasteiger partial charge in [-0.3, -0.25) is 14.6 Å². The van der Waals surface area contributed by atoms with Gasteiger partial charge >= 0.3 is 5.97 Å². The van der Waals surface area contributed by atoms with Crippen LogP contribution in [0.2, 0.25) is 0 Å². The maximum atomic E-state index is 13.3. The number of benzene rings is 1. The van der Waals surface area contributed by atoms with Crippen LogP contribution in [0.5, 0.6) is 0 Å². The highest BCUT2D eigenvalue weighted by Crippen LogP contribution is 2.26. The van der Waals surface area contributed by atoms with E-state index < -0.39 is 11.9 Å². The van der Waals surface area contributed by atoms with E-state index in [4.69, 9.17) is 0 Å². The first kappa shape index (κ1) is 16.4. The molecule has 0 saturated carbocycles. The van der Waals surface area contributed by atoms with Gasteiger partial charge in [-0.15, -0.1) is 0 Å². The van der Waals surface area contributed by atoms with Gasteiger partial charge in [-0.05, 0) is 37.5 Å². The van der Waals surface area contributed by atoms with Crippen molar-refractivity contribution in [2.24, 2.45) is 11.8 Å². The van der Waals surface area contributed by atoms with E-state index >= 15 is 0 Å². The summed E-state index contributed by atoms with van der Waals surface area (Å²) in [6.07, 6.45) is 0.452. The van der Waals surface area contributed by atoms with Crippen molar-refractivity contribution in [3.8, 4) is 0 Å². The molecule has 1 aliphatic heterocycles. The Labute approximate surface area is 139 Å². The summed E-state index contributed by atoms with van der Waals surface area (Å²) >= 11 is 0. The highest BCUT2D eigenvalue weighted by atomic mass is 19.1. The first-order valence-corrected chi connectivity index (χ1v) is 7.96. The Morgan fingerprint density at radius 2 is 2.08 bits per heavy atom. The molecule has 5 nitrogen and oxygen atoms in total. The second-order valence-electron chi connectivity index (χ2n) is 6.42. The Morgan fingerprint density at radius 1 is 1.33 bits per heavy atom. The quantitative estimate of drug-likeness (QED) is 0.919. The van der Waals surface area contributed by atoms with Gasteiger partial charge in [-0.2, -0.15) is 0 Å². The van der Waals surface area contributed by atoms with Crippen LogP contribution in [0.3, 0.4) is 0 Å². The molecule has 1 aromatic heterocycles. The standard InChI is InChI=1S/C18H19FN2O3/c1-10-9-21(6-5-14(10)18(23)24)17(22)15-7-12-3-4-13(19)8-16(12)20-11(15)2/h3-4,7-8,10,14H,5-6,9H2,1-2H3,(H,23,24). The zero-order valence-electron chi connectivity index (χ0n) is 13.6. The topological polar surface area (TPSA) is 70.5 Å². The third-order valence-electron chi connectivity index (χ3n) is 4.71. The Kier molecular flexibility index (Phi) is 4.22. The zero-order chi connectivity index (χ0) is 17.4. The third-order valence-corrected chi connectivity index (χ3v) is 4.71. The summed E-state index contributed by atoms with van der Waals surface area (Å²) in [6, 6.07) is 6.02. The van der Waals surface area contributed by atoms with E-state index in [2.05, 4.69) is 4.98 Å². The molecule has 1 saturated heterocycles. The fourth-order valence-electron chi connectivity index (χ4n) is 3.32. The number of likely N-dealkylation sites (tertiary alicyclic amines) is 1. The molecule has 1 aliphatic rings. The number of aliphatic carboxylic acids is 1. The molecule has 0 spiro atoms. The Bertz CT molecular complexity index is 821. The molecule has 2 unspecified atom stereocenters. The fourth-order valence-corrected chi connectivity index (χ4v) is 3.32. The maximum Gasteiger partial charge on any atom is 0.306 e. The molecule has 0 radical (unpaired) electrons. The van der Waals surface area contributed by atoms with Crippen molar-refractivity contribution in [1.29, 1.82) is 0 Å². The van der Waals surface area contributed by atoms with E-state index in [9.17, 15) is 19.1 Å². The third kappa shape index (κ3) is 2.96. The number of aromatic nitrogens is 1. The lowest BCUT2D eigenvalue weighted by Gasteiger charge is -2.35. The van der Waals surface area contributed by atoms with Crippen molar-refractivity contribution < 1.29 is 19.1 Å². The number of hydrogen-bond acceptors (Lipinski definition) is 3. The average molecular weight is 330 g/mol. The van der Waals surface area contributed by atoms with Crippen LogP contribution in [-0.2, 0) is 4.79 Å². The molecule has 0 aliphatic carbocycles. The summed E-state index contributed by atoms with van der Waals surface area (Å²) in [5.41, 5.74) is 1.54. The molecule has 24 heavy (non-hydrogen) atoms. The number of carboxylic acid groups (broad SMARTS) is 1. The summed E-state index contributed by atoms with van der Waals surface area (Å²) in [6.45, 7) is 4.41. The number of fused-ring (bicyclic) bond motifs is 1. The number of carboxylic acids is 1. The predicted molar refractivity (Wildman–Crippen MR) is 87.2 cm³/mol. The van der Waals surface area contributed by atoms with Gasteiger partial charge in [0, 0.05) is 24.5 Å². The number of halogens is 1. The number of hydrogen-bond donors (Lipinski definition) is 1. The SMILES string of the molecule is Cc1nc2cc(F)ccc2cc1C(=O)N1CCC(C(=O)O)C(C)C1. The molecule has 2 aromatic rings. The molecular formula is C18H19FN2O3. The minimum atomic E-state index is -0.805. The van der Waals surface area contributed by atoms with Crippen molar-refractivity contribution in [1.82, 2.24) is 9.88 Å². The van der Waals surface area contributed by atoms with Gasteiger partial charge in [-0.1, -0.05) is 6.92 Å². The minimum absolute atomic E-state index is 0.0944. The summed E-state index contributed by atoms with van der Waals surface area (Å²) < 4.78 is 13.3. The van der Waals surface area contributed by atoms with Gasteiger partial charge in [0.15, 0.2) is 0 Å². The molecule has 6 heteroatoms. The summed E-state index contributed by atoms with van der Waals surface area (Å²) in [7, 11) is 0. The Balaban J connectivity index is 1.88. The monoisotopic (exact) mass is 330 g/mol. The second kappa shape index (κ2) is 6.19. The van der Waals surface area contributed by atoms with E-state index in [-0.39, 0.29) is 17.6 Å². The molecule has 1 N–H and O–H groups in total. The lowest BCUT2D eigenvalue weighted by atomic mass is 9.86. The number of carbonyl (C=O) groups is 2. The van der Waals surface area contributed by atoms with Crippen LogP contribution >= 0.6 is 0 Å². The largest absolute Gasteiger partial charge is 0.481 e. The molecular weight excluding hydrogens is 311 g/mol. The molecule has 2 heterocycles. The van der Waals surface area contributed by atoms with E-state index in [0.717, 1.165) is 0 Å². The number of carbonyl (C=O) groups excluding carboxylic acids is 1. The summed E-state index contributed by atoms with van der Waals surface area (Å²) in [5, 5.41) is 9.90. The van der Waals surface area contributed by atoms with Gasteiger partial charge in [-0.25, -0.2) is 4.39 Å². The van der Waals surface area contributed by atoms with Gasteiger partial charge in [0.25, 0.3) is 5.91 Å². The fraction of sp³-hybridized carbons (Fsp3) is 0.389. The maximum absolute atomic E-state index is 13.3. The molecule has 1 aromatic carbocycles. The van der Waals surface area contributed by atoms with Crippen molar-refractivity contribution >= 4 is 22.8 Å². The smallest absolute Gasteiger partial charge is 0.306 e. The van der Waals surface area contributed by atoms with E-state index in [1.54, 1.807) is 24.0 Å². The molecule has 1 amide bonds. The van der Waals surface area contributed by atoms with E-state index in [0.29, 0.717) is 41.7 Å². The highest BCUT2D eigenvalue weighted by Gasteiger charge is 2.33. The zero-order valence-corrected chi connectivity index (χ0v) is 13.6. The first-order chi connectivity index (χ1) is 11.4. The average Bonchev–Trinajstić information content (AvgIpc) is 2.53. The lowest BCUT2D eigenvalue weighted by molar-refractivity contribution is -0.145. The second-order valence-corrected chi connectivity index (χ2v) is 6.42. The van der Waals surface area contributed by atoms with Crippen molar-refractivity contribution in [2.75, 3.05) is 13.1 Å². The van der Waals surface area contributed by atoms with Crippen LogP contribution < -0.4 is 0 Å². The van der Waals surface area contributed by atoms with Crippen LogP contribution in [-0.4, -0.2) is 40.0 Å². The Hall–Kier alpha value is -2.50. The minimum Gasteiger partial charge on any atom is -0.481 e. The Morgan fingerprint density at radius 3 is 2.75 bits per heavy atom. The number of amides is 1. The summed E-state index contributed by atoms with van der Waals surface area (Å²) in [4.78, 5) is 30.0. The van der Waals surface area contributed by atoms with Crippen LogP contribution in [0.1, 0.15) is 29.4 Å². The number of pyridine rings is 1. The first-order valence-electron chi connectivity index (χ1n) is 7.96. The van der Waals surface area contributed by atoms with Crippen molar-refractivity contribution in [3.05, 3.63) is 41.3 Å². The van der Waals surface area contributed by atoms with Crippen molar-refractivity contribution in [3.63, 3.8) is 0 Å². The van der Waals surface area contributed by atoms with Gasteiger partial charge < -0.3 is 10.0 Å². The van der Waals surface area contributed by atoms with Crippen LogP contribution in [0.4, 0.5) is 4.39 Å². The van der Waals surface area contributed by atoms with Crippen LogP contribution in [0.15, 0.2) is 24.3 Å². The number of rotatable bonds is 2. The molecule has 2 atom stereocenters. The molecule has 3 rings (SSSR count).